The smallest absolute Gasteiger partial charge is 0.317 e. The maximum Gasteiger partial charge on any atom is 0.317 e. The van der Waals surface area contributed by atoms with Crippen LogP contribution >= 0.6 is 0 Å². The van der Waals surface area contributed by atoms with Crippen molar-refractivity contribution in [3.8, 4) is 0 Å². The molecule has 112 valence electrons. The molecule has 0 aromatic carbocycles. The minimum atomic E-state index is -1.27. The highest BCUT2D eigenvalue weighted by atomic mass is 16.4. The normalized spacial score (nSPS) is 24.2. The van der Waals surface area contributed by atoms with Crippen LogP contribution in [-0.2, 0) is 19.2 Å². The van der Waals surface area contributed by atoms with Crippen molar-refractivity contribution >= 4 is 23.8 Å². The zero-order chi connectivity index (χ0) is 15.4. The number of nitrogens with zero attached hydrogens (tertiary/aromatic N) is 2. The highest BCUT2D eigenvalue weighted by molar-refractivity contribution is 5.92. The summed E-state index contributed by atoms with van der Waals surface area (Å²) >= 11 is 0. The first-order valence-corrected chi connectivity index (χ1v) is 5.74. The molecule has 1 aliphatic rings. The van der Waals surface area contributed by atoms with Gasteiger partial charge in [-0.25, -0.2) is 0 Å². The fourth-order valence-electron chi connectivity index (χ4n) is 2.31. The molecular weight excluding hydrogens is 272 g/mol. The molecule has 1 saturated heterocycles. The van der Waals surface area contributed by atoms with Gasteiger partial charge in [0.05, 0.1) is 13.1 Å². The molecule has 1 aliphatic heterocycles. The number of aliphatic carboxylic acids is 2. The van der Waals surface area contributed by atoms with Gasteiger partial charge in [0.15, 0.2) is 0 Å². The van der Waals surface area contributed by atoms with Crippen molar-refractivity contribution in [2.45, 2.75) is 12.1 Å². The number of primary amides is 2. The van der Waals surface area contributed by atoms with E-state index < -0.39 is 48.9 Å². The summed E-state index contributed by atoms with van der Waals surface area (Å²) in [5.41, 5.74) is 10.4. The van der Waals surface area contributed by atoms with Crippen LogP contribution in [0.2, 0.25) is 0 Å². The van der Waals surface area contributed by atoms with E-state index in [1.165, 1.54) is 9.80 Å². The standard InChI is InChI=1S/C10H16N4O6/c11-9(19)7-8(10(12)20)14(4-6(17)18)2-1-13(7)3-5(15)16/h7-8H,1-4H2,(H2,11,19)(H2,12,20)(H,15,16)(H,17,18)/t7-,8+. The molecular formula is C10H16N4O6. The Bertz CT molecular complexity index is 399. The second-order valence-corrected chi connectivity index (χ2v) is 4.42. The molecule has 1 heterocycles. The Morgan fingerprint density at radius 1 is 0.850 bits per heavy atom. The lowest BCUT2D eigenvalue weighted by Gasteiger charge is -2.43. The average Bonchev–Trinajstić information content (AvgIpc) is 2.28. The molecule has 2 amide bonds. The maximum absolute atomic E-state index is 11.5. The van der Waals surface area contributed by atoms with E-state index >= 15 is 0 Å². The second kappa shape index (κ2) is 6.30. The number of carboxylic acid groups (broad SMARTS) is 2. The molecule has 0 unspecified atom stereocenters. The number of piperazine rings is 1. The molecule has 0 bridgehead atoms. The molecule has 10 nitrogen and oxygen atoms in total. The summed E-state index contributed by atoms with van der Waals surface area (Å²) in [7, 11) is 0. The number of amides is 2. The first-order chi connectivity index (χ1) is 9.23. The van der Waals surface area contributed by atoms with E-state index in [4.69, 9.17) is 21.7 Å². The van der Waals surface area contributed by atoms with Crippen LogP contribution in [-0.4, -0.2) is 82.0 Å². The summed E-state index contributed by atoms with van der Waals surface area (Å²) in [6.45, 7) is -0.787. The van der Waals surface area contributed by atoms with Crippen molar-refractivity contribution in [1.29, 1.82) is 0 Å². The number of hydrogen-bond donors (Lipinski definition) is 4. The number of rotatable bonds is 6. The van der Waals surface area contributed by atoms with Crippen molar-refractivity contribution in [3.05, 3.63) is 0 Å². The summed E-state index contributed by atoms with van der Waals surface area (Å²) < 4.78 is 0. The molecule has 1 fully saturated rings. The molecule has 0 aliphatic carbocycles. The quantitative estimate of drug-likeness (QED) is 0.390. The van der Waals surface area contributed by atoms with Gasteiger partial charge in [0, 0.05) is 13.1 Å². The Labute approximate surface area is 113 Å². The topological polar surface area (TPSA) is 167 Å². The molecule has 0 aromatic heterocycles. The molecule has 6 N–H and O–H groups in total. The van der Waals surface area contributed by atoms with E-state index in [0.717, 1.165) is 0 Å². The monoisotopic (exact) mass is 288 g/mol. The van der Waals surface area contributed by atoms with Crippen LogP contribution < -0.4 is 11.5 Å². The Balaban J connectivity index is 3.05. The molecule has 0 radical (unpaired) electrons. The van der Waals surface area contributed by atoms with E-state index in [1.54, 1.807) is 0 Å². The van der Waals surface area contributed by atoms with Crippen molar-refractivity contribution < 1.29 is 29.4 Å². The molecule has 20 heavy (non-hydrogen) atoms. The van der Waals surface area contributed by atoms with Gasteiger partial charge >= 0.3 is 11.9 Å². The van der Waals surface area contributed by atoms with E-state index in [0.29, 0.717) is 0 Å². The third-order valence-electron chi connectivity index (χ3n) is 3.02. The SMILES string of the molecule is NC(=O)[C@@H]1[C@H](C(N)=O)N(CC(=O)O)CCN1CC(=O)O. The minimum absolute atomic E-state index is 0.0942. The fourth-order valence-corrected chi connectivity index (χ4v) is 2.31. The minimum Gasteiger partial charge on any atom is -0.480 e. The lowest BCUT2D eigenvalue weighted by Crippen LogP contribution is -2.68. The molecule has 1 rings (SSSR count). The Morgan fingerprint density at radius 3 is 1.35 bits per heavy atom. The van der Waals surface area contributed by atoms with Crippen LogP contribution in [0.25, 0.3) is 0 Å². The van der Waals surface area contributed by atoms with Gasteiger partial charge < -0.3 is 21.7 Å². The van der Waals surface area contributed by atoms with Crippen molar-refractivity contribution in [2.24, 2.45) is 11.5 Å². The number of carbonyl (C=O) groups excluding carboxylic acids is 2. The van der Waals surface area contributed by atoms with Crippen LogP contribution in [0.5, 0.6) is 0 Å². The largest absolute Gasteiger partial charge is 0.480 e. The first-order valence-electron chi connectivity index (χ1n) is 5.74. The zero-order valence-corrected chi connectivity index (χ0v) is 10.6. The highest BCUT2D eigenvalue weighted by Gasteiger charge is 2.44. The van der Waals surface area contributed by atoms with Crippen LogP contribution in [0, 0.1) is 0 Å². The fraction of sp³-hybridized carbons (Fsp3) is 0.600. The van der Waals surface area contributed by atoms with Gasteiger partial charge in [0.25, 0.3) is 0 Å². The van der Waals surface area contributed by atoms with Crippen molar-refractivity contribution in [1.82, 2.24) is 9.80 Å². The van der Waals surface area contributed by atoms with Crippen molar-refractivity contribution in [2.75, 3.05) is 26.2 Å². The summed E-state index contributed by atoms with van der Waals surface area (Å²) in [6.07, 6.45) is 0. The van der Waals surface area contributed by atoms with Crippen LogP contribution in [0.15, 0.2) is 0 Å². The average molecular weight is 288 g/mol. The predicted octanol–water partition coefficient (Wildman–Crippen LogP) is -3.52. The third kappa shape index (κ3) is 3.65. The van der Waals surface area contributed by atoms with E-state index in [1.807, 2.05) is 0 Å². The van der Waals surface area contributed by atoms with Crippen molar-refractivity contribution in [3.63, 3.8) is 0 Å². The van der Waals surface area contributed by atoms with Gasteiger partial charge in [0.1, 0.15) is 12.1 Å². The summed E-state index contributed by atoms with van der Waals surface area (Å²) in [5, 5.41) is 17.6. The molecule has 0 aromatic rings. The van der Waals surface area contributed by atoms with Gasteiger partial charge in [-0.15, -0.1) is 0 Å². The van der Waals surface area contributed by atoms with E-state index in [2.05, 4.69) is 0 Å². The summed E-state index contributed by atoms with van der Waals surface area (Å²) in [5.74, 6) is -4.23. The molecule has 10 heteroatoms. The highest BCUT2D eigenvalue weighted by Crippen LogP contribution is 2.17. The zero-order valence-electron chi connectivity index (χ0n) is 10.6. The van der Waals surface area contributed by atoms with Gasteiger partial charge in [-0.1, -0.05) is 0 Å². The summed E-state index contributed by atoms with van der Waals surface area (Å²) in [6, 6.07) is -2.53. The van der Waals surface area contributed by atoms with Crippen LogP contribution in [0.3, 0.4) is 0 Å². The Hall–Kier alpha value is -2.20. The summed E-state index contributed by atoms with van der Waals surface area (Å²) in [4.78, 5) is 46.9. The predicted molar refractivity (Wildman–Crippen MR) is 64.4 cm³/mol. The third-order valence-corrected chi connectivity index (χ3v) is 3.02. The van der Waals surface area contributed by atoms with Crippen LogP contribution in [0.4, 0.5) is 0 Å². The maximum atomic E-state index is 11.5. The van der Waals surface area contributed by atoms with E-state index in [-0.39, 0.29) is 13.1 Å². The second-order valence-electron chi connectivity index (χ2n) is 4.42. The van der Waals surface area contributed by atoms with Gasteiger partial charge in [-0.2, -0.15) is 0 Å². The Morgan fingerprint density at radius 2 is 1.15 bits per heavy atom. The molecule has 0 saturated carbocycles. The molecule has 0 spiro atoms. The lowest BCUT2D eigenvalue weighted by atomic mass is 9.99. The van der Waals surface area contributed by atoms with Gasteiger partial charge in [0.2, 0.25) is 11.8 Å². The number of hydrogen-bond acceptors (Lipinski definition) is 6. The van der Waals surface area contributed by atoms with Gasteiger partial charge in [-0.05, 0) is 0 Å². The van der Waals surface area contributed by atoms with Crippen LogP contribution in [0.1, 0.15) is 0 Å². The Kier molecular flexibility index (Phi) is 5.00. The lowest BCUT2D eigenvalue weighted by molar-refractivity contribution is -0.150. The number of nitrogens with two attached hydrogens (primary N) is 2. The number of carbonyl (C=O) groups is 4. The number of carboxylic acids is 2. The van der Waals surface area contributed by atoms with Gasteiger partial charge in [-0.3, -0.25) is 29.0 Å². The van der Waals surface area contributed by atoms with E-state index in [9.17, 15) is 19.2 Å². The first kappa shape index (κ1) is 15.9. The molecule has 2 atom stereocenters.